The summed E-state index contributed by atoms with van der Waals surface area (Å²) in [4.78, 5) is 12.9. The van der Waals surface area contributed by atoms with Gasteiger partial charge in [0.1, 0.15) is 11.0 Å². The summed E-state index contributed by atoms with van der Waals surface area (Å²) in [6.45, 7) is 8.68. The molecule has 0 spiro atoms. The third-order valence-electron chi connectivity index (χ3n) is 2.68. The highest BCUT2D eigenvalue weighted by atomic mass is 35.5. The normalized spacial score (nSPS) is 16.4. The van der Waals surface area contributed by atoms with Gasteiger partial charge in [0.05, 0.1) is 12.4 Å². The van der Waals surface area contributed by atoms with E-state index in [0.29, 0.717) is 5.15 Å². The predicted molar refractivity (Wildman–Crippen MR) is 73.1 cm³/mol. The SMILES string of the molecule is C=CCN1CCN(c2cncc(Cl)n2)CC1.Cl. The highest BCUT2D eigenvalue weighted by Crippen LogP contribution is 2.14. The smallest absolute Gasteiger partial charge is 0.149 e. The fourth-order valence-corrected chi connectivity index (χ4v) is 1.97. The van der Waals surface area contributed by atoms with Crippen LogP contribution in [0.3, 0.4) is 0 Å². The molecular weight excluding hydrogens is 259 g/mol. The van der Waals surface area contributed by atoms with Gasteiger partial charge in [-0.15, -0.1) is 19.0 Å². The van der Waals surface area contributed by atoms with Crippen LogP contribution in [0.4, 0.5) is 5.82 Å². The van der Waals surface area contributed by atoms with Crippen LogP contribution in [-0.2, 0) is 0 Å². The lowest BCUT2D eigenvalue weighted by Gasteiger charge is -2.34. The standard InChI is InChI=1S/C11H15ClN4.ClH/c1-2-3-15-4-6-16(7-5-15)11-9-13-8-10(12)14-11;/h2,8-9H,1,3-7H2;1H. The van der Waals surface area contributed by atoms with Crippen LogP contribution in [-0.4, -0.2) is 47.6 Å². The van der Waals surface area contributed by atoms with Crippen LogP contribution < -0.4 is 4.90 Å². The average molecular weight is 275 g/mol. The zero-order chi connectivity index (χ0) is 11.4. The topological polar surface area (TPSA) is 32.3 Å². The van der Waals surface area contributed by atoms with Crippen LogP contribution >= 0.6 is 24.0 Å². The van der Waals surface area contributed by atoms with E-state index in [-0.39, 0.29) is 12.4 Å². The Balaban J connectivity index is 0.00000144. The molecule has 1 fully saturated rings. The maximum absolute atomic E-state index is 5.82. The largest absolute Gasteiger partial charge is 0.353 e. The first-order valence-corrected chi connectivity index (χ1v) is 5.73. The Hall–Kier alpha value is -0.840. The number of piperazine rings is 1. The molecule has 6 heteroatoms. The molecule has 0 radical (unpaired) electrons. The number of halogens is 2. The molecule has 1 aromatic rings. The van der Waals surface area contributed by atoms with Crippen LogP contribution in [0, 0.1) is 0 Å². The van der Waals surface area contributed by atoms with Crippen molar-refractivity contribution in [1.29, 1.82) is 0 Å². The van der Waals surface area contributed by atoms with E-state index in [1.807, 2.05) is 6.08 Å². The first-order chi connectivity index (χ1) is 7.79. The molecule has 0 aliphatic carbocycles. The van der Waals surface area contributed by atoms with E-state index in [0.717, 1.165) is 38.5 Å². The van der Waals surface area contributed by atoms with Crippen molar-refractivity contribution >= 4 is 29.8 Å². The molecule has 0 atom stereocenters. The van der Waals surface area contributed by atoms with Gasteiger partial charge in [0.25, 0.3) is 0 Å². The van der Waals surface area contributed by atoms with Gasteiger partial charge in [-0.2, -0.15) is 0 Å². The van der Waals surface area contributed by atoms with Gasteiger partial charge in [-0.3, -0.25) is 9.88 Å². The van der Waals surface area contributed by atoms with E-state index >= 15 is 0 Å². The number of rotatable bonds is 3. The Bertz CT molecular complexity index is 364. The zero-order valence-electron chi connectivity index (χ0n) is 9.55. The van der Waals surface area contributed by atoms with E-state index in [1.165, 1.54) is 0 Å². The lowest BCUT2D eigenvalue weighted by Crippen LogP contribution is -2.46. The van der Waals surface area contributed by atoms with Gasteiger partial charge >= 0.3 is 0 Å². The minimum Gasteiger partial charge on any atom is -0.353 e. The Morgan fingerprint density at radius 1 is 1.29 bits per heavy atom. The number of anilines is 1. The highest BCUT2D eigenvalue weighted by Gasteiger charge is 2.17. The minimum absolute atomic E-state index is 0. The Morgan fingerprint density at radius 2 is 2.00 bits per heavy atom. The second kappa shape index (κ2) is 6.79. The number of nitrogens with zero attached hydrogens (tertiary/aromatic N) is 4. The maximum Gasteiger partial charge on any atom is 0.149 e. The van der Waals surface area contributed by atoms with Crippen LogP contribution in [0.25, 0.3) is 0 Å². The number of hydrogen-bond donors (Lipinski definition) is 0. The van der Waals surface area contributed by atoms with Gasteiger partial charge in [-0.05, 0) is 0 Å². The van der Waals surface area contributed by atoms with Crippen molar-refractivity contribution in [2.75, 3.05) is 37.6 Å². The summed E-state index contributed by atoms with van der Waals surface area (Å²) in [5.41, 5.74) is 0. The molecule has 1 aliphatic rings. The molecule has 2 heterocycles. The quantitative estimate of drug-likeness (QED) is 0.788. The molecule has 17 heavy (non-hydrogen) atoms. The number of aromatic nitrogens is 2. The van der Waals surface area contributed by atoms with Crippen molar-refractivity contribution in [3.05, 3.63) is 30.2 Å². The fraction of sp³-hybridized carbons (Fsp3) is 0.455. The number of hydrogen-bond acceptors (Lipinski definition) is 4. The first-order valence-electron chi connectivity index (χ1n) is 5.35. The molecule has 0 unspecified atom stereocenters. The van der Waals surface area contributed by atoms with Crippen LogP contribution in [0.1, 0.15) is 0 Å². The van der Waals surface area contributed by atoms with E-state index in [9.17, 15) is 0 Å². The first kappa shape index (κ1) is 14.2. The highest BCUT2D eigenvalue weighted by molar-refractivity contribution is 6.29. The van der Waals surface area contributed by atoms with Crippen LogP contribution in [0.5, 0.6) is 0 Å². The van der Waals surface area contributed by atoms with Crippen molar-refractivity contribution in [1.82, 2.24) is 14.9 Å². The van der Waals surface area contributed by atoms with Crippen LogP contribution in [0.2, 0.25) is 5.15 Å². The molecular formula is C11H16Cl2N4. The third kappa shape index (κ3) is 3.84. The van der Waals surface area contributed by atoms with Gasteiger partial charge in [0, 0.05) is 32.7 Å². The maximum atomic E-state index is 5.82. The summed E-state index contributed by atoms with van der Waals surface area (Å²) in [5.74, 6) is 0.866. The summed E-state index contributed by atoms with van der Waals surface area (Å²) in [5, 5.41) is 0.450. The monoisotopic (exact) mass is 274 g/mol. The molecule has 2 rings (SSSR count). The van der Waals surface area contributed by atoms with Gasteiger partial charge in [0.15, 0.2) is 0 Å². The Kier molecular flexibility index (Phi) is 5.68. The van der Waals surface area contributed by atoms with Gasteiger partial charge in [-0.25, -0.2) is 4.98 Å². The summed E-state index contributed by atoms with van der Waals surface area (Å²) in [6.07, 6.45) is 5.25. The molecule has 1 aromatic heterocycles. The molecule has 0 amide bonds. The summed E-state index contributed by atoms with van der Waals surface area (Å²) >= 11 is 5.82. The van der Waals surface area contributed by atoms with E-state index in [4.69, 9.17) is 11.6 Å². The predicted octanol–water partition coefficient (Wildman–Crippen LogP) is 1.86. The second-order valence-corrected chi connectivity index (χ2v) is 4.16. The van der Waals surface area contributed by atoms with Crippen molar-refractivity contribution in [2.24, 2.45) is 0 Å². The summed E-state index contributed by atoms with van der Waals surface area (Å²) < 4.78 is 0. The van der Waals surface area contributed by atoms with Crippen molar-refractivity contribution in [3.63, 3.8) is 0 Å². The molecule has 94 valence electrons. The fourth-order valence-electron chi connectivity index (χ4n) is 1.83. The lowest BCUT2D eigenvalue weighted by atomic mass is 10.3. The Labute approximate surface area is 113 Å². The van der Waals surface area contributed by atoms with E-state index in [2.05, 4.69) is 26.3 Å². The second-order valence-electron chi connectivity index (χ2n) is 3.78. The average Bonchev–Trinajstić information content (AvgIpc) is 2.30. The molecule has 1 aliphatic heterocycles. The molecule has 0 N–H and O–H groups in total. The summed E-state index contributed by atoms with van der Waals surface area (Å²) in [7, 11) is 0. The third-order valence-corrected chi connectivity index (χ3v) is 2.86. The zero-order valence-corrected chi connectivity index (χ0v) is 11.1. The van der Waals surface area contributed by atoms with Crippen molar-refractivity contribution < 1.29 is 0 Å². The van der Waals surface area contributed by atoms with E-state index < -0.39 is 0 Å². The van der Waals surface area contributed by atoms with Crippen LogP contribution in [0.15, 0.2) is 25.0 Å². The lowest BCUT2D eigenvalue weighted by molar-refractivity contribution is 0.283. The van der Waals surface area contributed by atoms with E-state index in [1.54, 1.807) is 12.4 Å². The Morgan fingerprint density at radius 3 is 2.59 bits per heavy atom. The summed E-state index contributed by atoms with van der Waals surface area (Å²) in [6, 6.07) is 0. The molecule has 0 saturated carbocycles. The molecule has 1 saturated heterocycles. The molecule has 0 bridgehead atoms. The molecule has 4 nitrogen and oxygen atoms in total. The van der Waals surface area contributed by atoms with Crippen molar-refractivity contribution in [2.45, 2.75) is 0 Å². The van der Waals surface area contributed by atoms with Gasteiger partial charge in [0.2, 0.25) is 0 Å². The molecule has 0 aromatic carbocycles. The minimum atomic E-state index is 0. The van der Waals surface area contributed by atoms with Gasteiger partial charge < -0.3 is 4.90 Å². The van der Waals surface area contributed by atoms with Crippen molar-refractivity contribution in [3.8, 4) is 0 Å². The van der Waals surface area contributed by atoms with Gasteiger partial charge in [-0.1, -0.05) is 17.7 Å².